The van der Waals surface area contributed by atoms with Gasteiger partial charge in [0.15, 0.2) is 12.0 Å². The van der Waals surface area contributed by atoms with Crippen LogP contribution in [0.25, 0.3) is 21.5 Å². The Morgan fingerprint density at radius 3 is 2.62 bits per heavy atom. The molecular weight excluding hydrogens is 472 g/mol. The molecule has 7 nitrogen and oxygen atoms in total. The number of thiazole rings is 1. The van der Waals surface area contributed by atoms with E-state index in [0.717, 1.165) is 64.2 Å². The Bertz CT molecular complexity index is 1250. The molecule has 3 heterocycles. The first kappa shape index (κ1) is 23.3. The molecule has 0 bridgehead atoms. The number of nitrogens with zero attached hydrogens (tertiary/aromatic N) is 4. The Labute approximate surface area is 207 Å². The van der Waals surface area contributed by atoms with Crippen LogP contribution in [0.3, 0.4) is 0 Å². The van der Waals surface area contributed by atoms with E-state index in [1.165, 1.54) is 0 Å². The van der Waals surface area contributed by atoms with Gasteiger partial charge in [0.05, 0.1) is 20.9 Å². The van der Waals surface area contributed by atoms with Gasteiger partial charge in [-0.25, -0.2) is 4.98 Å². The quantitative estimate of drug-likeness (QED) is 0.391. The highest BCUT2D eigenvalue weighted by atomic mass is 35.5. The van der Waals surface area contributed by atoms with E-state index in [2.05, 4.69) is 19.9 Å². The van der Waals surface area contributed by atoms with Crippen molar-refractivity contribution in [2.75, 3.05) is 26.2 Å². The predicted octanol–water partition coefficient (Wildman–Crippen LogP) is 4.82. The standard InChI is InChI=1S/C25H27ClN4O3S/c1-16(31)25(32-21-7-8-24-22(14-21)27-17(2)34-24)30-11-9-29(10-12-30)15-20-13-23(33-28-20)18-3-5-19(26)6-4-18/h3-8,13-14,16,25,31H,9-12,15H2,1-2H3/t16-,25?/m0/s1. The molecule has 0 radical (unpaired) electrons. The highest BCUT2D eigenvalue weighted by Gasteiger charge is 2.29. The van der Waals surface area contributed by atoms with Gasteiger partial charge in [0.25, 0.3) is 0 Å². The summed E-state index contributed by atoms with van der Waals surface area (Å²) < 4.78 is 12.9. The molecule has 1 saturated heterocycles. The SMILES string of the molecule is Cc1nc2cc(OC([C@H](C)O)N3CCN(Cc4cc(-c5ccc(Cl)cc5)on4)CC3)ccc2s1. The topological polar surface area (TPSA) is 74.9 Å². The first-order chi connectivity index (χ1) is 16.4. The third-order valence-electron chi connectivity index (χ3n) is 5.98. The van der Waals surface area contributed by atoms with Gasteiger partial charge in [0.2, 0.25) is 0 Å². The number of rotatable bonds is 7. The minimum Gasteiger partial charge on any atom is -0.472 e. The van der Waals surface area contributed by atoms with Crippen LogP contribution in [0.15, 0.2) is 53.1 Å². The van der Waals surface area contributed by atoms with Crippen molar-refractivity contribution in [2.24, 2.45) is 0 Å². The maximum Gasteiger partial charge on any atom is 0.178 e. The van der Waals surface area contributed by atoms with Crippen LogP contribution in [0.2, 0.25) is 5.02 Å². The number of halogens is 1. The van der Waals surface area contributed by atoms with Crippen LogP contribution < -0.4 is 4.74 Å². The Morgan fingerprint density at radius 2 is 1.88 bits per heavy atom. The number of aromatic nitrogens is 2. The average molecular weight is 499 g/mol. The number of piperazine rings is 1. The highest BCUT2D eigenvalue weighted by molar-refractivity contribution is 7.18. The lowest BCUT2D eigenvalue weighted by atomic mass is 10.1. The molecule has 34 heavy (non-hydrogen) atoms. The number of fused-ring (bicyclic) bond motifs is 1. The van der Waals surface area contributed by atoms with Crippen LogP contribution in [0.5, 0.6) is 5.75 Å². The Kier molecular flexibility index (Phi) is 6.85. The molecule has 0 amide bonds. The van der Waals surface area contributed by atoms with Gasteiger partial charge in [0, 0.05) is 55.4 Å². The maximum atomic E-state index is 10.4. The van der Waals surface area contributed by atoms with Crippen molar-refractivity contribution in [3.8, 4) is 17.1 Å². The van der Waals surface area contributed by atoms with Crippen molar-refractivity contribution in [3.05, 3.63) is 64.3 Å². The minimum atomic E-state index is -0.628. The van der Waals surface area contributed by atoms with Gasteiger partial charge in [-0.3, -0.25) is 9.80 Å². The lowest BCUT2D eigenvalue weighted by Crippen LogP contribution is -2.55. The van der Waals surface area contributed by atoms with Crippen LogP contribution in [0.4, 0.5) is 0 Å². The van der Waals surface area contributed by atoms with Gasteiger partial charge < -0.3 is 14.4 Å². The smallest absolute Gasteiger partial charge is 0.178 e. The highest BCUT2D eigenvalue weighted by Crippen LogP contribution is 2.27. The molecule has 2 aromatic heterocycles. The molecule has 2 atom stereocenters. The molecule has 1 N–H and O–H groups in total. The molecule has 1 aliphatic rings. The van der Waals surface area contributed by atoms with Gasteiger partial charge in [-0.2, -0.15) is 0 Å². The Hall–Kier alpha value is -2.49. The number of hydrogen-bond donors (Lipinski definition) is 1. The fraction of sp³-hybridized carbons (Fsp3) is 0.360. The summed E-state index contributed by atoms with van der Waals surface area (Å²) in [6.07, 6.45) is -1.04. The molecular formula is C25H27ClN4O3S. The second kappa shape index (κ2) is 10.0. The van der Waals surface area contributed by atoms with Gasteiger partial charge in [-0.15, -0.1) is 11.3 Å². The molecule has 0 spiro atoms. The lowest BCUT2D eigenvalue weighted by Gasteiger charge is -2.39. The van der Waals surface area contributed by atoms with Crippen molar-refractivity contribution in [3.63, 3.8) is 0 Å². The molecule has 2 aromatic carbocycles. The summed E-state index contributed by atoms with van der Waals surface area (Å²) in [5.74, 6) is 1.46. The number of ether oxygens (including phenoxy) is 1. The average Bonchev–Trinajstić information content (AvgIpc) is 3.43. The second-order valence-electron chi connectivity index (χ2n) is 8.61. The van der Waals surface area contributed by atoms with E-state index >= 15 is 0 Å². The second-order valence-corrected chi connectivity index (χ2v) is 10.3. The minimum absolute atomic E-state index is 0.414. The third-order valence-corrected chi connectivity index (χ3v) is 7.18. The molecule has 1 fully saturated rings. The molecule has 1 unspecified atom stereocenters. The fourth-order valence-corrected chi connectivity index (χ4v) is 5.19. The summed E-state index contributed by atoms with van der Waals surface area (Å²) in [6, 6.07) is 15.5. The summed E-state index contributed by atoms with van der Waals surface area (Å²) >= 11 is 7.64. The van der Waals surface area contributed by atoms with Crippen molar-refractivity contribution in [2.45, 2.75) is 32.7 Å². The normalized spacial score (nSPS) is 17.2. The zero-order valence-electron chi connectivity index (χ0n) is 19.1. The lowest BCUT2D eigenvalue weighted by molar-refractivity contribution is -0.0752. The molecule has 178 valence electrons. The monoisotopic (exact) mass is 498 g/mol. The van der Waals surface area contributed by atoms with Crippen molar-refractivity contribution >= 4 is 33.2 Å². The number of aliphatic hydroxyl groups excluding tert-OH is 1. The first-order valence-electron chi connectivity index (χ1n) is 11.3. The zero-order valence-corrected chi connectivity index (χ0v) is 20.7. The van der Waals surface area contributed by atoms with Gasteiger partial charge in [-0.05, 0) is 50.2 Å². The van der Waals surface area contributed by atoms with Crippen LogP contribution in [0, 0.1) is 6.92 Å². The van der Waals surface area contributed by atoms with Gasteiger partial charge >= 0.3 is 0 Å². The summed E-state index contributed by atoms with van der Waals surface area (Å²) in [4.78, 5) is 9.08. The first-order valence-corrected chi connectivity index (χ1v) is 12.5. The summed E-state index contributed by atoms with van der Waals surface area (Å²) in [7, 11) is 0. The molecule has 1 aliphatic heterocycles. The van der Waals surface area contributed by atoms with E-state index in [1.807, 2.05) is 55.5 Å². The van der Waals surface area contributed by atoms with E-state index in [9.17, 15) is 5.11 Å². The molecule has 0 aliphatic carbocycles. The predicted molar refractivity (Wildman–Crippen MR) is 134 cm³/mol. The number of hydrogen-bond acceptors (Lipinski definition) is 8. The largest absolute Gasteiger partial charge is 0.472 e. The van der Waals surface area contributed by atoms with E-state index in [0.29, 0.717) is 11.6 Å². The molecule has 0 saturated carbocycles. The van der Waals surface area contributed by atoms with Crippen molar-refractivity contribution < 1.29 is 14.4 Å². The summed E-state index contributed by atoms with van der Waals surface area (Å²) in [5, 5.41) is 16.4. The number of aliphatic hydroxyl groups is 1. The van der Waals surface area contributed by atoms with Crippen LogP contribution in [0.1, 0.15) is 17.6 Å². The van der Waals surface area contributed by atoms with E-state index in [1.54, 1.807) is 18.3 Å². The third kappa shape index (κ3) is 5.26. The summed E-state index contributed by atoms with van der Waals surface area (Å²) in [6.45, 7) is 7.76. The number of aryl methyl sites for hydroxylation is 1. The zero-order chi connectivity index (χ0) is 23.7. The van der Waals surface area contributed by atoms with Crippen molar-refractivity contribution in [1.29, 1.82) is 0 Å². The number of benzene rings is 2. The maximum absolute atomic E-state index is 10.4. The van der Waals surface area contributed by atoms with Crippen LogP contribution >= 0.6 is 22.9 Å². The fourth-order valence-electron chi connectivity index (χ4n) is 4.25. The Morgan fingerprint density at radius 1 is 1.12 bits per heavy atom. The Balaban J connectivity index is 1.19. The van der Waals surface area contributed by atoms with Gasteiger partial charge in [-0.1, -0.05) is 16.8 Å². The molecule has 4 aromatic rings. The molecule has 5 rings (SSSR count). The molecule has 9 heteroatoms. The van der Waals surface area contributed by atoms with Crippen LogP contribution in [-0.4, -0.2) is 63.6 Å². The van der Waals surface area contributed by atoms with E-state index < -0.39 is 12.3 Å². The van der Waals surface area contributed by atoms with E-state index in [4.69, 9.17) is 20.9 Å². The van der Waals surface area contributed by atoms with Crippen LogP contribution in [-0.2, 0) is 6.54 Å². The van der Waals surface area contributed by atoms with E-state index in [-0.39, 0.29) is 0 Å². The summed E-state index contributed by atoms with van der Waals surface area (Å²) in [5.41, 5.74) is 2.78. The van der Waals surface area contributed by atoms with Crippen molar-refractivity contribution in [1.82, 2.24) is 19.9 Å². The van der Waals surface area contributed by atoms with Gasteiger partial charge in [0.1, 0.15) is 11.9 Å².